The molecule has 0 aliphatic rings. The van der Waals surface area contributed by atoms with Gasteiger partial charge in [0, 0.05) is 12.8 Å². The molecule has 0 aliphatic carbocycles. The van der Waals surface area contributed by atoms with Crippen molar-refractivity contribution in [1.29, 1.82) is 0 Å². The Morgan fingerprint density at radius 3 is 2.49 bits per heavy atom. The van der Waals surface area contributed by atoms with Crippen LogP contribution in [0.4, 0.5) is 0 Å². The Bertz CT molecular complexity index is 1270. The van der Waals surface area contributed by atoms with Gasteiger partial charge in [0.1, 0.15) is 11.5 Å². The normalized spacial score (nSPS) is 12.1. The minimum atomic E-state index is -1.44. The number of carboxylic acid groups (broad SMARTS) is 1. The van der Waals surface area contributed by atoms with Crippen LogP contribution in [0.15, 0.2) is 70.5 Å². The van der Waals surface area contributed by atoms with E-state index in [9.17, 15) is 9.90 Å². The van der Waals surface area contributed by atoms with Crippen molar-refractivity contribution in [2.75, 3.05) is 13.7 Å². The number of ether oxygens (including phenoxy) is 3. The summed E-state index contributed by atoms with van der Waals surface area (Å²) in [6, 6.07) is 18.2. The first-order valence-corrected chi connectivity index (χ1v) is 13.0. The van der Waals surface area contributed by atoms with Crippen LogP contribution in [0.2, 0.25) is 0 Å². The van der Waals surface area contributed by atoms with E-state index in [1.165, 1.54) is 0 Å². The van der Waals surface area contributed by atoms with Crippen molar-refractivity contribution < 1.29 is 28.5 Å². The Balaban J connectivity index is 0.00000186. The van der Waals surface area contributed by atoms with Gasteiger partial charge in [-0.1, -0.05) is 44.2 Å². The lowest BCUT2D eigenvalue weighted by Crippen LogP contribution is -2.43. The van der Waals surface area contributed by atoms with Crippen LogP contribution in [0.25, 0.3) is 10.8 Å². The van der Waals surface area contributed by atoms with Gasteiger partial charge in [-0.05, 0) is 55.1 Å². The molecule has 196 valence electrons. The number of aromatic nitrogens is 1. The first-order chi connectivity index (χ1) is 17.9. The maximum atomic E-state index is 12.0. The first kappa shape index (κ1) is 27.8. The van der Waals surface area contributed by atoms with Crippen molar-refractivity contribution in [3.63, 3.8) is 0 Å². The summed E-state index contributed by atoms with van der Waals surface area (Å²) in [7, 11) is 1.55. The van der Waals surface area contributed by atoms with E-state index >= 15 is 0 Å². The number of thiophene rings is 1. The molecule has 4 rings (SSSR count). The number of methoxy groups -OCH3 is 1. The van der Waals surface area contributed by atoms with Gasteiger partial charge in [0.15, 0.2) is 11.5 Å². The van der Waals surface area contributed by atoms with E-state index in [4.69, 9.17) is 18.6 Å². The third kappa shape index (κ3) is 7.13. The fraction of sp³-hybridized carbons (Fsp3) is 0.310. The molecule has 0 saturated carbocycles. The zero-order valence-electron chi connectivity index (χ0n) is 21.8. The van der Waals surface area contributed by atoms with Gasteiger partial charge >= 0.3 is 5.97 Å². The van der Waals surface area contributed by atoms with Gasteiger partial charge in [0.05, 0.1) is 24.3 Å². The molecule has 0 bridgehead atoms. The highest BCUT2D eigenvalue weighted by atomic mass is 32.1. The average molecular weight is 524 g/mol. The van der Waals surface area contributed by atoms with Crippen molar-refractivity contribution in [3.8, 4) is 28.0 Å². The Morgan fingerprint density at radius 2 is 1.84 bits per heavy atom. The van der Waals surface area contributed by atoms with Crippen molar-refractivity contribution in [1.82, 2.24) is 4.98 Å². The van der Waals surface area contributed by atoms with E-state index in [1.807, 2.05) is 50.4 Å². The number of para-hydroxylation sites is 1. The van der Waals surface area contributed by atoms with Crippen LogP contribution in [0.3, 0.4) is 0 Å². The Hall–Kier alpha value is -3.78. The summed E-state index contributed by atoms with van der Waals surface area (Å²) < 4.78 is 23.1. The highest BCUT2D eigenvalue weighted by Gasteiger charge is 2.36. The largest absolute Gasteiger partial charge is 0.493 e. The second-order valence-corrected chi connectivity index (χ2v) is 9.16. The average Bonchev–Trinajstić information content (AvgIpc) is 3.56. The van der Waals surface area contributed by atoms with Crippen molar-refractivity contribution >= 4 is 17.3 Å². The molecule has 7 nitrogen and oxygen atoms in total. The van der Waals surface area contributed by atoms with Gasteiger partial charge in [0.25, 0.3) is 0 Å². The SMILES string of the molecule is CC.COc1cc(CC(C)(Oc2ccccc2)C(=O)O)ccc1OCCc1nc(-c2cccs2)oc1C. The number of aliphatic carboxylic acids is 1. The van der Waals surface area contributed by atoms with Crippen LogP contribution < -0.4 is 14.2 Å². The predicted molar refractivity (Wildman–Crippen MR) is 145 cm³/mol. The standard InChI is InChI=1S/C27H27NO6S.C2H6/c1-18-21(28-25(33-18)24-10-7-15-35-24)13-14-32-22-12-11-19(16-23(22)31-3)17-27(2,26(29)30)34-20-8-5-4-6-9-20;1-2/h4-12,15-16H,13-14,17H2,1-3H3,(H,29,30);1-2H3. The molecule has 2 heterocycles. The van der Waals surface area contributed by atoms with E-state index in [2.05, 4.69) is 4.98 Å². The number of rotatable bonds is 11. The molecule has 0 amide bonds. The summed E-state index contributed by atoms with van der Waals surface area (Å²) in [5.74, 6) is 1.92. The fourth-order valence-corrected chi connectivity index (χ4v) is 4.31. The number of benzene rings is 2. The monoisotopic (exact) mass is 523 g/mol. The second-order valence-electron chi connectivity index (χ2n) is 8.21. The van der Waals surface area contributed by atoms with E-state index in [-0.39, 0.29) is 6.42 Å². The molecule has 37 heavy (non-hydrogen) atoms. The summed E-state index contributed by atoms with van der Waals surface area (Å²) >= 11 is 1.58. The molecule has 0 aliphatic heterocycles. The first-order valence-electron chi connectivity index (χ1n) is 12.2. The molecular formula is C29H33NO6S. The molecule has 8 heteroatoms. The number of hydrogen-bond acceptors (Lipinski definition) is 7. The van der Waals surface area contributed by atoms with Gasteiger partial charge in [-0.25, -0.2) is 9.78 Å². The molecular weight excluding hydrogens is 490 g/mol. The Morgan fingerprint density at radius 1 is 1.08 bits per heavy atom. The number of nitrogens with zero attached hydrogens (tertiary/aromatic N) is 1. The molecule has 2 aromatic carbocycles. The van der Waals surface area contributed by atoms with Crippen LogP contribution in [-0.4, -0.2) is 35.4 Å². The van der Waals surface area contributed by atoms with Gasteiger partial charge < -0.3 is 23.7 Å². The van der Waals surface area contributed by atoms with E-state index in [1.54, 1.807) is 61.8 Å². The summed E-state index contributed by atoms with van der Waals surface area (Å²) in [5, 5.41) is 11.8. The second kappa shape index (κ2) is 13.0. The maximum absolute atomic E-state index is 12.0. The highest BCUT2D eigenvalue weighted by Crippen LogP contribution is 2.31. The minimum absolute atomic E-state index is 0.150. The van der Waals surface area contributed by atoms with Crippen LogP contribution in [-0.2, 0) is 17.6 Å². The molecule has 2 aromatic heterocycles. The van der Waals surface area contributed by atoms with Gasteiger partial charge in [-0.3, -0.25) is 0 Å². The number of carbonyl (C=O) groups is 1. The molecule has 0 saturated heterocycles. The highest BCUT2D eigenvalue weighted by molar-refractivity contribution is 7.13. The molecule has 0 fully saturated rings. The van der Waals surface area contributed by atoms with Crippen molar-refractivity contribution in [2.24, 2.45) is 0 Å². The van der Waals surface area contributed by atoms with Crippen LogP contribution in [0, 0.1) is 6.92 Å². The fourth-order valence-electron chi connectivity index (χ4n) is 3.66. The molecule has 1 unspecified atom stereocenters. The lowest BCUT2D eigenvalue weighted by Gasteiger charge is -2.27. The Labute approximate surface area is 221 Å². The number of hydrogen-bond donors (Lipinski definition) is 1. The Kier molecular flexibility index (Phi) is 9.74. The summed E-state index contributed by atoms with van der Waals surface area (Å²) in [6.07, 6.45) is 0.727. The summed E-state index contributed by atoms with van der Waals surface area (Å²) in [4.78, 5) is 17.6. The minimum Gasteiger partial charge on any atom is -0.493 e. The topological polar surface area (TPSA) is 91.0 Å². The molecule has 0 radical (unpaired) electrons. The van der Waals surface area contributed by atoms with Gasteiger partial charge in [-0.15, -0.1) is 11.3 Å². The van der Waals surface area contributed by atoms with Gasteiger partial charge in [-0.2, -0.15) is 0 Å². The number of aryl methyl sites for hydroxylation is 1. The zero-order valence-corrected chi connectivity index (χ0v) is 22.6. The van der Waals surface area contributed by atoms with E-state index in [0.717, 1.165) is 21.9 Å². The van der Waals surface area contributed by atoms with Crippen molar-refractivity contribution in [2.45, 2.75) is 46.1 Å². The maximum Gasteiger partial charge on any atom is 0.348 e. The molecule has 1 atom stereocenters. The smallest absolute Gasteiger partial charge is 0.348 e. The lowest BCUT2D eigenvalue weighted by molar-refractivity contribution is -0.153. The number of oxazole rings is 1. The van der Waals surface area contributed by atoms with Crippen LogP contribution in [0.1, 0.15) is 37.8 Å². The molecule has 0 spiro atoms. The summed E-state index contributed by atoms with van der Waals surface area (Å²) in [5.41, 5.74) is 0.154. The van der Waals surface area contributed by atoms with Crippen LogP contribution in [0.5, 0.6) is 17.2 Å². The van der Waals surface area contributed by atoms with Crippen molar-refractivity contribution in [3.05, 3.63) is 83.1 Å². The number of carboxylic acids is 1. The van der Waals surface area contributed by atoms with Gasteiger partial charge in [0.2, 0.25) is 11.5 Å². The lowest BCUT2D eigenvalue weighted by atomic mass is 9.96. The third-order valence-corrected chi connectivity index (χ3v) is 6.39. The molecule has 1 N–H and O–H groups in total. The molecule has 4 aromatic rings. The predicted octanol–water partition coefficient (Wildman–Crippen LogP) is 6.83. The zero-order chi connectivity index (χ0) is 26.8. The van der Waals surface area contributed by atoms with Crippen LogP contribution >= 0.6 is 11.3 Å². The third-order valence-electron chi connectivity index (χ3n) is 5.53. The quantitative estimate of drug-likeness (QED) is 0.230. The van der Waals surface area contributed by atoms with E-state index in [0.29, 0.717) is 36.2 Å². The summed E-state index contributed by atoms with van der Waals surface area (Å²) in [6.45, 7) is 7.84. The van der Waals surface area contributed by atoms with E-state index < -0.39 is 11.6 Å².